The lowest BCUT2D eigenvalue weighted by Gasteiger charge is -2.27. The number of carbonyl (C=O) groups is 2. The molecule has 7 heteroatoms. The molecular formula is C31H37NO6. The first-order chi connectivity index (χ1) is 17.9. The van der Waals surface area contributed by atoms with E-state index in [1.165, 1.54) is 0 Å². The van der Waals surface area contributed by atoms with Gasteiger partial charge in [-0.05, 0) is 75.4 Å². The average molecular weight is 520 g/mol. The van der Waals surface area contributed by atoms with Crippen molar-refractivity contribution < 1.29 is 29.3 Å². The van der Waals surface area contributed by atoms with E-state index in [-0.39, 0.29) is 11.7 Å². The molecule has 0 heterocycles. The lowest BCUT2D eigenvalue weighted by molar-refractivity contribution is -0.160. The first kappa shape index (κ1) is 28.9. The largest absolute Gasteiger partial charge is 0.490 e. The van der Waals surface area contributed by atoms with Crippen LogP contribution in [0.1, 0.15) is 62.2 Å². The van der Waals surface area contributed by atoms with Crippen molar-refractivity contribution in [2.45, 2.75) is 64.9 Å². The molecule has 7 nitrogen and oxygen atoms in total. The molecule has 0 aliphatic carbocycles. The Balaban J connectivity index is 1.70. The Morgan fingerprint density at radius 1 is 0.921 bits per heavy atom. The number of benzene rings is 3. The number of aliphatic hydroxyl groups is 1. The Morgan fingerprint density at radius 3 is 2.13 bits per heavy atom. The minimum absolute atomic E-state index is 0.127. The summed E-state index contributed by atoms with van der Waals surface area (Å²) in [6.45, 7) is 9.55. The molecule has 0 bridgehead atoms. The van der Waals surface area contributed by atoms with Crippen molar-refractivity contribution >= 4 is 11.9 Å². The standard InChI is InChI=1S/C31H37NO6/c1-20(2)37-26-19-24(15-16-25(26)29(34)35)22-13-11-21(12-14-22)17-18-32-27(30(36)38-31(3,4)5)28(33)23-9-7-6-8-10-23/h6-16,19-20,27-28,32-33H,17-18H2,1-5H3,(H,34,35)/t27?,28-/m1/s1. The van der Waals surface area contributed by atoms with Gasteiger partial charge in [0, 0.05) is 6.54 Å². The van der Waals surface area contributed by atoms with Gasteiger partial charge in [-0.3, -0.25) is 4.79 Å². The van der Waals surface area contributed by atoms with Crippen LogP contribution in [0.2, 0.25) is 0 Å². The van der Waals surface area contributed by atoms with Crippen LogP contribution in [0.4, 0.5) is 0 Å². The second-order valence-corrected chi connectivity index (χ2v) is 10.5. The molecule has 202 valence electrons. The molecule has 2 atom stereocenters. The van der Waals surface area contributed by atoms with E-state index in [0.717, 1.165) is 16.7 Å². The van der Waals surface area contributed by atoms with Crippen LogP contribution in [-0.4, -0.2) is 46.4 Å². The summed E-state index contributed by atoms with van der Waals surface area (Å²) in [7, 11) is 0. The SMILES string of the molecule is CC(C)Oc1cc(-c2ccc(CCNC(C(=O)OC(C)(C)C)[C@H](O)c3ccccc3)cc2)ccc1C(=O)O. The third-order valence-corrected chi connectivity index (χ3v) is 5.76. The van der Waals surface area contributed by atoms with Gasteiger partial charge in [0.1, 0.15) is 29.1 Å². The average Bonchev–Trinajstić information content (AvgIpc) is 2.85. The summed E-state index contributed by atoms with van der Waals surface area (Å²) in [5.74, 6) is -1.20. The van der Waals surface area contributed by atoms with Gasteiger partial charge in [0.05, 0.1) is 6.10 Å². The predicted molar refractivity (Wildman–Crippen MR) is 147 cm³/mol. The maximum Gasteiger partial charge on any atom is 0.339 e. The highest BCUT2D eigenvalue weighted by atomic mass is 16.6. The fourth-order valence-electron chi connectivity index (χ4n) is 4.00. The summed E-state index contributed by atoms with van der Waals surface area (Å²) in [4.78, 5) is 24.4. The van der Waals surface area contributed by atoms with Gasteiger partial charge in [0.15, 0.2) is 0 Å². The molecule has 0 aromatic heterocycles. The highest BCUT2D eigenvalue weighted by molar-refractivity contribution is 5.92. The van der Waals surface area contributed by atoms with Crippen molar-refractivity contribution in [3.63, 3.8) is 0 Å². The molecule has 0 amide bonds. The summed E-state index contributed by atoms with van der Waals surface area (Å²) < 4.78 is 11.3. The predicted octanol–water partition coefficient (Wildman–Crippen LogP) is 5.42. The van der Waals surface area contributed by atoms with E-state index in [1.807, 2.05) is 56.3 Å². The van der Waals surface area contributed by atoms with Crippen molar-refractivity contribution in [2.24, 2.45) is 0 Å². The molecule has 0 fully saturated rings. The summed E-state index contributed by atoms with van der Waals surface area (Å²) in [5.41, 5.74) is 2.91. The lowest BCUT2D eigenvalue weighted by Crippen LogP contribution is -2.46. The Kier molecular flexibility index (Phi) is 9.66. The van der Waals surface area contributed by atoms with E-state index in [4.69, 9.17) is 9.47 Å². The zero-order valence-electron chi connectivity index (χ0n) is 22.6. The van der Waals surface area contributed by atoms with Crippen LogP contribution in [0.25, 0.3) is 11.1 Å². The smallest absolute Gasteiger partial charge is 0.339 e. The second-order valence-electron chi connectivity index (χ2n) is 10.5. The van der Waals surface area contributed by atoms with E-state index in [2.05, 4.69) is 5.32 Å². The van der Waals surface area contributed by atoms with Gasteiger partial charge in [0.2, 0.25) is 0 Å². The maximum atomic E-state index is 12.9. The van der Waals surface area contributed by atoms with E-state index in [0.29, 0.717) is 24.3 Å². The lowest BCUT2D eigenvalue weighted by atomic mass is 10.00. The van der Waals surface area contributed by atoms with Crippen LogP contribution < -0.4 is 10.1 Å². The van der Waals surface area contributed by atoms with Gasteiger partial charge in [-0.2, -0.15) is 0 Å². The molecule has 3 N–H and O–H groups in total. The number of nitrogens with one attached hydrogen (secondary N) is 1. The molecule has 0 spiro atoms. The first-order valence-corrected chi connectivity index (χ1v) is 12.8. The van der Waals surface area contributed by atoms with Crippen LogP contribution in [0.3, 0.4) is 0 Å². The second kappa shape index (κ2) is 12.7. The number of carboxylic acids is 1. The minimum atomic E-state index is -1.05. The van der Waals surface area contributed by atoms with Gasteiger partial charge in [0.25, 0.3) is 0 Å². The van der Waals surface area contributed by atoms with Gasteiger partial charge in [-0.15, -0.1) is 0 Å². The van der Waals surface area contributed by atoms with Crippen LogP contribution in [0, 0.1) is 0 Å². The number of esters is 1. The molecule has 3 aromatic carbocycles. The summed E-state index contributed by atoms with van der Waals surface area (Å²) >= 11 is 0. The highest BCUT2D eigenvalue weighted by Crippen LogP contribution is 2.29. The third kappa shape index (κ3) is 8.16. The quantitative estimate of drug-likeness (QED) is 0.291. The minimum Gasteiger partial charge on any atom is -0.490 e. The Hall–Kier alpha value is -3.68. The number of hydrogen-bond acceptors (Lipinski definition) is 6. The topological polar surface area (TPSA) is 105 Å². The zero-order chi connectivity index (χ0) is 27.9. The van der Waals surface area contributed by atoms with E-state index in [9.17, 15) is 19.8 Å². The Bertz CT molecular complexity index is 1220. The number of rotatable bonds is 11. The number of ether oxygens (including phenoxy) is 2. The van der Waals surface area contributed by atoms with Gasteiger partial charge in [-0.25, -0.2) is 4.79 Å². The fraction of sp³-hybridized carbons (Fsp3) is 0.355. The van der Waals surface area contributed by atoms with Crippen molar-refractivity contribution in [1.82, 2.24) is 5.32 Å². The van der Waals surface area contributed by atoms with Crippen LogP contribution in [-0.2, 0) is 16.0 Å². The van der Waals surface area contributed by atoms with Crippen molar-refractivity contribution in [2.75, 3.05) is 6.54 Å². The summed E-state index contributed by atoms with van der Waals surface area (Å²) in [5, 5.41) is 23.6. The molecule has 0 aliphatic rings. The molecule has 3 rings (SSSR count). The van der Waals surface area contributed by atoms with Crippen molar-refractivity contribution in [3.05, 3.63) is 89.5 Å². The fourth-order valence-corrected chi connectivity index (χ4v) is 4.00. The number of hydrogen-bond donors (Lipinski definition) is 3. The van der Waals surface area contributed by atoms with Crippen molar-refractivity contribution in [1.29, 1.82) is 0 Å². The van der Waals surface area contributed by atoms with Crippen LogP contribution in [0.15, 0.2) is 72.8 Å². The Morgan fingerprint density at radius 2 is 1.55 bits per heavy atom. The summed E-state index contributed by atoms with van der Waals surface area (Å²) in [6.07, 6.45) is -0.576. The molecular weight excluding hydrogens is 482 g/mol. The zero-order valence-corrected chi connectivity index (χ0v) is 22.6. The highest BCUT2D eigenvalue weighted by Gasteiger charge is 2.31. The van der Waals surface area contributed by atoms with E-state index in [1.54, 1.807) is 51.1 Å². The number of carbonyl (C=O) groups excluding carboxylic acids is 1. The molecule has 0 saturated heterocycles. The number of aromatic carboxylic acids is 1. The number of carboxylic acid groups (broad SMARTS) is 1. The van der Waals surface area contributed by atoms with E-state index >= 15 is 0 Å². The normalized spacial score (nSPS) is 13.1. The van der Waals surface area contributed by atoms with Gasteiger partial charge >= 0.3 is 11.9 Å². The molecule has 1 unspecified atom stereocenters. The monoisotopic (exact) mass is 519 g/mol. The maximum absolute atomic E-state index is 12.9. The third-order valence-electron chi connectivity index (χ3n) is 5.76. The van der Waals surface area contributed by atoms with Gasteiger partial charge in [-0.1, -0.05) is 60.7 Å². The molecule has 3 aromatic rings. The van der Waals surface area contributed by atoms with Crippen LogP contribution >= 0.6 is 0 Å². The van der Waals surface area contributed by atoms with Gasteiger partial charge < -0.3 is 25.0 Å². The molecule has 38 heavy (non-hydrogen) atoms. The first-order valence-electron chi connectivity index (χ1n) is 12.8. The summed E-state index contributed by atoms with van der Waals surface area (Å²) in [6, 6.07) is 21.1. The molecule has 0 aliphatic heterocycles. The Labute approximate surface area is 224 Å². The molecule has 0 saturated carbocycles. The van der Waals surface area contributed by atoms with E-state index < -0.39 is 29.7 Å². The number of aliphatic hydroxyl groups excluding tert-OH is 1. The van der Waals surface area contributed by atoms with Crippen molar-refractivity contribution in [3.8, 4) is 16.9 Å². The van der Waals surface area contributed by atoms with Crippen LogP contribution in [0.5, 0.6) is 5.75 Å². The molecule has 0 radical (unpaired) electrons.